The molecule has 0 aliphatic carbocycles. The number of benzene rings is 2. The number of nitrogens with zero attached hydrogens (tertiary/aromatic N) is 2. The number of amides is 1. The van der Waals surface area contributed by atoms with Crippen molar-refractivity contribution in [3.8, 4) is 5.75 Å². The molecule has 0 bridgehead atoms. The fourth-order valence-electron chi connectivity index (χ4n) is 4.49. The molecule has 34 heavy (non-hydrogen) atoms. The van der Waals surface area contributed by atoms with Gasteiger partial charge in [0.05, 0.1) is 39.5 Å². The molecule has 1 unspecified atom stereocenters. The van der Waals surface area contributed by atoms with E-state index < -0.39 is 23.5 Å². The SMILES string of the molecule is COc1ccc(C([O-])=C2C(=O)C(=O)N(CC[NH+]3CCOCC3)C2c2ccc(N(C)C)cc2)cc1. The number of methoxy groups -OCH3 is 1. The van der Waals surface area contributed by atoms with Gasteiger partial charge in [-0.05, 0) is 35.4 Å². The average Bonchev–Trinajstić information content (AvgIpc) is 3.12. The van der Waals surface area contributed by atoms with Crippen molar-refractivity contribution >= 4 is 23.1 Å². The summed E-state index contributed by atoms with van der Waals surface area (Å²) in [6.45, 7) is 4.17. The van der Waals surface area contributed by atoms with E-state index in [0.29, 0.717) is 37.6 Å². The Bertz CT molecular complexity index is 1060. The number of hydrogen-bond acceptors (Lipinski definition) is 6. The summed E-state index contributed by atoms with van der Waals surface area (Å²) in [4.78, 5) is 31.1. The molecule has 4 rings (SSSR count). The van der Waals surface area contributed by atoms with Crippen LogP contribution in [0.25, 0.3) is 5.76 Å². The molecule has 2 aliphatic rings. The molecular weight excluding hydrogens is 434 g/mol. The van der Waals surface area contributed by atoms with Crippen LogP contribution in [-0.2, 0) is 14.3 Å². The van der Waals surface area contributed by atoms with Gasteiger partial charge in [-0.15, -0.1) is 0 Å². The monoisotopic (exact) mass is 465 g/mol. The van der Waals surface area contributed by atoms with E-state index in [1.165, 1.54) is 4.90 Å². The standard InChI is InChI=1S/C26H31N3O5/c1-27(2)20-8-4-18(5-9-20)23-22(24(30)19-6-10-21(33-3)11-7-19)25(31)26(32)29(23)13-12-28-14-16-34-17-15-28/h4-11,23,30H,12-17H2,1-3H3. The fraction of sp³-hybridized carbons (Fsp3) is 0.385. The van der Waals surface area contributed by atoms with Crippen molar-refractivity contribution in [3.63, 3.8) is 0 Å². The lowest BCUT2D eigenvalue weighted by atomic mass is 9.95. The number of Topliss-reactive ketones (excluding diaryl/α,β-unsaturated/α-hetero) is 1. The predicted octanol–water partition coefficient (Wildman–Crippen LogP) is -0.0997. The van der Waals surface area contributed by atoms with Crippen molar-refractivity contribution < 1.29 is 29.1 Å². The lowest BCUT2D eigenvalue weighted by Crippen LogP contribution is -3.14. The second-order valence-electron chi connectivity index (χ2n) is 8.80. The molecule has 180 valence electrons. The molecule has 2 heterocycles. The Labute approximate surface area is 200 Å². The van der Waals surface area contributed by atoms with Crippen LogP contribution in [0.5, 0.6) is 5.75 Å². The second kappa shape index (κ2) is 10.3. The molecule has 0 radical (unpaired) electrons. The van der Waals surface area contributed by atoms with Crippen LogP contribution in [0.3, 0.4) is 0 Å². The highest BCUT2D eigenvalue weighted by Crippen LogP contribution is 2.39. The van der Waals surface area contributed by atoms with Crippen LogP contribution in [0.15, 0.2) is 54.1 Å². The number of anilines is 1. The molecule has 1 amide bonds. The van der Waals surface area contributed by atoms with Crippen LogP contribution in [0.1, 0.15) is 17.2 Å². The number of rotatable bonds is 7. The molecular formula is C26H31N3O5. The van der Waals surface area contributed by atoms with Crippen molar-refractivity contribution in [2.24, 2.45) is 0 Å². The molecule has 8 heteroatoms. The topological polar surface area (TPSA) is 86.6 Å². The number of morpholine rings is 1. The van der Waals surface area contributed by atoms with E-state index in [4.69, 9.17) is 9.47 Å². The van der Waals surface area contributed by atoms with Crippen molar-refractivity contribution in [1.29, 1.82) is 0 Å². The first-order chi connectivity index (χ1) is 16.4. The van der Waals surface area contributed by atoms with Gasteiger partial charge in [0, 0.05) is 25.4 Å². The van der Waals surface area contributed by atoms with Crippen LogP contribution < -0.4 is 19.6 Å². The molecule has 0 spiro atoms. The summed E-state index contributed by atoms with van der Waals surface area (Å²) in [6.07, 6.45) is 0. The molecule has 8 nitrogen and oxygen atoms in total. The maximum atomic E-state index is 13.5. The summed E-state index contributed by atoms with van der Waals surface area (Å²) in [6, 6.07) is 13.5. The first-order valence-electron chi connectivity index (χ1n) is 11.5. The van der Waals surface area contributed by atoms with Gasteiger partial charge >= 0.3 is 0 Å². The first kappa shape index (κ1) is 23.8. The molecule has 0 aromatic heterocycles. The number of ether oxygens (including phenoxy) is 2. The fourth-order valence-corrected chi connectivity index (χ4v) is 4.49. The van der Waals surface area contributed by atoms with Gasteiger partial charge in [0.1, 0.15) is 18.8 Å². The van der Waals surface area contributed by atoms with Crippen LogP contribution in [-0.4, -0.2) is 77.2 Å². The van der Waals surface area contributed by atoms with Gasteiger partial charge in [-0.25, -0.2) is 0 Å². The molecule has 2 aromatic carbocycles. The number of carbonyl (C=O) groups is 2. The summed E-state index contributed by atoms with van der Waals surface area (Å²) in [5.74, 6) is -1.16. The molecule has 1 N–H and O–H groups in total. The molecule has 2 aromatic rings. The van der Waals surface area contributed by atoms with E-state index >= 15 is 0 Å². The zero-order valence-corrected chi connectivity index (χ0v) is 19.9. The van der Waals surface area contributed by atoms with E-state index in [9.17, 15) is 14.7 Å². The third-order valence-corrected chi connectivity index (χ3v) is 6.51. The maximum Gasteiger partial charge on any atom is 0.295 e. The van der Waals surface area contributed by atoms with Crippen molar-refractivity contribution in [1.82, 2.24) is 4.90 Å². The highest BCUT2D eigenvalue weighted by Gasteiger charge is 2.44. The Balaban J connectivity index is 1.72. The summed E-state index contributed by atoms with van der Waals surface area (Å²) >= 11 is 0. The van der Waals surface area contributed by atoms with E-state index in [-0.39, 0.29) is 5.57 Å². The third kappa shape index (κ3) is 4.78. The number of nitrogens with one attached hydrogen (secondary N) is 1. The number of carbonyl (C=O) groups excluding carboxylic acids is 2. The highest BCUT2D eigenvalue weighted by molar-refractivity contribution is 6.46. The third-order valence-electron chi connectivity index (χ3n) is 6.51. The Morgan fingerprint density at radius 3 is 2.32 bits per heavy atom. The Hall–Kier alpha value is -3.36. The Morgan fingerprint density at radius 2 is 1.74 bits per heavy atom. The van der Waals surface area contributed by atoms with Gasteiger partial charge in [0.2, 0.25) is 5.78 Å². The van der Waals surface area contributed by atoms with E-state index in [1.807, 2.05) is 43.3 Å². The Morgan fingerprint density at radius 1 is 1.09 bits per heavy atom. The molecule has 2 fully saturated rings. The normalized spacial score (nSPS) is 20.6. The van der Waals surface area contributed by atoms with E-state index in [0.717, 1.165) is 24.3 Å². The molecule has 2 saturated heterocycles. The summed E-state index contributed by atoms with van der Waals surface area (Å²) in [7, 11) is 5.44. The number of ketones is 1. The van der Waals surface area contributed by atoms with Crippen LogP contribution >= 0.6 is 0 Å². The Kier molecular flexibility index (Phi) is 7.19. The van der Waals surface area contributed by atoms with Gasteiger partial charge in [-0.3, -0.25) is 9.59 Å². The van der Waals surface area contributed by atoms with Crippen LogP contribution in [0.4, 0.5) is 5.69 Å². The minimum absolute atomic E-state index is 0.00440. The van der Waals surface area contributed by atoms with Gasteiger partial charge in [-0.2, -0.15) is 0 Å². The quantitative estimate of drug-likeness (QED) is 0.349. The predicted molar refractivity (Wildman–Crippen MR) is 127 cm³/mol. The largest absolute Gasteiger partial charge is 0.872 e. The number of hydrogen-bond donors (Lipinski definition) is 1. The number of likely N-dealkylation sites (tertiary alicyclic amines) is 1. The minimum atomic E-state index is -0.723. The summed E-state index contributed by atoms with van der Waals surface area (Å²) < 4.78 is 10.6. The van der Waals surface area contributed by atoms with E-state index in [1.54, 1.807) is 36.3 Å². The van der Waals surface area contributed by atoms with Gasteiger partial charge in [-0.1, -0.05) is 30.0 Å². The van der Waals surface area contributed by atoms with Crippen molar-refractivity contribution in [3.05, 3.63) is 65.2 Å². The highest BCUT2D eigenvalue weighted by atomic mass is 16.5. The van der Waals surface area contributed by atoms with Crippen molar-refractivity contribution in [2.75, 3.05) is 65.5 Å². The smallest absolute Gasteiger partial charge is 0.295 e. The summed E-state index contributed by atoms with van der Waals surface area (Å²) in [5.41, 5.74) is 2.10. The minimum Gasteiger partial charge on any atom is -0.872 e. The van der Waals surface area contributed by atoms with Crippen molar-refractivity contribution in [2.45, 2.75) is 6.04 Å². The molecule has 1 atom stereocenters. The summed E-state index contributed by atoms with van der Waals surface area (Å²) in [5, 5.41) is 13.5. The maximum absolute atomic E-state index is 13.5. The van der Waals surface area contributed by atoms with Crippen LogP contribution in [0, 0.1) is 0 Å². The number of quaternary nitrogens is 1. The van der Waals surface area contributed by atoms with Crippen LogP contribution in [0.2, 0.25) is 0 Å². The van der Waals surface area contributed by atoms with Gasteiger partial charge < -0.3 is 29.3 Å². The lowest BCUT2D eigenvalue weighted by molar-refractivity contribution is -0.907. The lowest BCUT2D eigenvalue weighted by Gasteiger charge is -2.30. The second-order valence-corrected chi connectivity index (χ2v) is 8.80. The molecule has 0 saturated carbocycles. The average molecular weight is 466 g/mol. The van der Waals surface area contributed by atoms with Gasteiger partial charge in [0.25, 0.3) is 5.91 Å². The van der Waals surface area contributed by atoms with Gasteiger partial charge in [0.15, 0.2) is 0 Å². The van der Waals surface area contributed by atoms with E-state index in [2.05, 4.69) is 0 Å². The zero-order valence-electron chi connectivity index (χ0n) is 19.9. The molecule has 2 aliphatic heterocycles. The zero-order chi connectivity index (χ0) is 24.2. The first-order valence-corrected chi connectivity index (χ1v) is 11.5.